The molecule has 0 aliphatic heterocycles. The molecule has 0 aliphatic rings. The van der Waals surface area contributed by atoms with Crippen molar-refractivity contribution in [1.29, 1.82) is 0 Å². The van der Waals surface area contributed by atoms with E-state index in [-0.39, 0.29) is 12.5 Å². The van der Waals surface area contributed by atoms with Crippen LogP contribution < -0.4 is 19.1 Å². The number of hydrogen-bond acceptors (Lipinski definition) is 7. The van der Waals surface area contributed by atoms with Gasteiger partial charge in [-0.05, 0) is 17.7 Å². The van der Waals surface area contributed by atoms with E-state index >= 15 is 0 Å². The summed E-state index contributed by atoms with van der Waals surface area (Å²) >= 11 is 6.28. The second kappa shape index (κ2) is 8.75. The van der Waals surface area contributed by atoms with E-state index in [1.54, 1.807) is 38.1 Å². The number of halogens is 1. The third kappa shape index (κ3) is 4.04. The molecule has 8 nitrogen and oxygen atoms in total. The molecule has 29 heavy (non-hydrogen) atoms. The van der Waals surface area contributed by atoms with Crippen LogP contribution in [0.3, 0.4) is 0 Å². The summed E-state index contributed by atoms with van der Waals surface area (Å²) in [5.41, 5.74) is 2.43. The van der Waals surface area contributed by atoms with Crippen LogP contribution in [0.25, 0.3) is 5.65 Å². The maximum absolute atomic E-state index is 9.51. The number of methoxy groups -OCH3 is 3. The zero-order valence-electron chi connectivity index (χ0n) is 17.1. The first-order chi connectivity index (χ1) is 13.9. The van der Waals surface area contributed by atoms with Gasteiger partial charge in [0.05, 0.1) is 27.5 Å². The van der Waals surface area contributed by atoms with E-state index in [9.17, 15) is 5.11 Å². The molecule has 3 rings (SSSR count). The van der Waals surface area contributed by atoms with E-state index in [0.717, 1.165) is 16.9 Å². The standard InChI is InChI=1S/C20H25ClN4O4/c1-12(11-26)14-9-22-25-18(8-17(21)23-20(14)25)24(2)10-13-6-15(27-3)19(29-5)16(7-13)28-4/h6-9,12,26H,10-11H2,1-5H3. The van der Waals surface area contributed by atoms with Crippen LogP contribution in [-0.4, -0.2) is 54.7 Å². The molecule has 1 atom stereocenters. The molecule has 0 bridgehead atoms. The van der Waals surface area contributed by atoms with Crippen LogP contribution in [0.2, 0.25) is 5.15 Å². The SMILES string of the molecule is COc1cc(CN(C)c2cc(Cl)nc3c(C(C)CO)cnn23)cc(OC)c1OC. The molecule has 3 aromatic rings. The molecule has 156 valence electrons. The molecule has 0 amide bonds. The number of rotatable bonds is 8. The van der Waals surface area contributed by atoms with Gasteiger partial charge in [-0.25, -0.2) is 4.98 Å². The lowest BCUT2D eigenvalue weighted by Gasteiger charge is -2.22. The Hall–Kier alpha value is -2.71. The lowest BCUT2D eigenvalue weighted by atomic mass is 10.1. The van der Waals surface area contributed by atoms with Gasteiger partial charge in [-0.1, -0.05) is 18.5 Å². The van der Waals surface area contributed by atoms with E-state index < -0.39 is 0 Å². The van der Waals surface area contributed by atoms with Crippen molar-refractivity contribution in [3.05, 3.63) is 40.7 Å². The molecule has 0 saturated carbocycles. The fourth-order valence-corrected chi connectivity index (χ4v) is 3.41. The number of hydrogen-bond donors (Lipinski definition) is 1. The average Bonchev–Trinajstić information content (AvgIpc) is 3.15. The summed E-state index contributed by atoms with van der Waals surface area (Å²) in [6.45, 7) is 2.46. The summed E-state index contributed by atoms with van der Waals surface area (Å²) in [5.74, 6) is 2.40. The quantitative estimate of drug-likeness (QED) is 0.560. The zero-order chi connectivity index (χ0) is 21.1. The molecule has 1 N–H and O–H groups in total. The van der Waals surface area contributed by atoms with Gasteiger partial charge in [-0.15, -0.1) is 0 Å². The highest BCUT2D eigenvalue weighted by Crippen LogP contribution is 2.38. The number of fused-ring (bicyclic) bond motifs is 1. The van der Waals surface area contributed by atoms with Crippen LogP contribution in [-0.2, 0) is 6.54 Å². The van der Waals surface area contributed by atoms with Crippen molar-refractivity contribution in [3.63, 3.8) is 0 Å². The second-order valence-corrected chi connectivity index (χ2v) is 7.13. The maximum Gasteiger partial charge on any atom is 0.203 e. The molecule has 1 unspecified atom stereocenters. The Morgan fingerprint density at radius 1 is 1.14 bits per heavy atom. The highest BCUT2D eigenvalue weighted by Gasteiger charge is 2.19. The van der Waals surface area contributed by atoms with Gasteiger partial charge in [0, 0.05) is 37.7 Å². The number of ether oxygens (including phenoxy) is 3. The largest absolute Gasteiger partial charge is 0.493 e. The third-order valence-electron chi connectivity index (χ3n) is 4.79. The van der Waals surface area contributed by atoms with Crippen molar-refractivity contribution in [2.75, 3.05) is 39.9 Å². The van der Waals surface area contributed by atoms with E-state index in [2.05, 4.69) is 10.1 Å². The summed E-state index contributed by atoms with van der Waals surface area (Å²) in [6, 6.07) is 5.56. The van der Waals surface area contributed by atoms with Crippen molar-refractivity contribution in [2.24, 2.45) is 0 Å². The van der Waals surface area contributed by atoms with Gasteiger partial charge in [0.2, 0.25) is 5.75 Å². The van der Waals surface area contributed by atoms with Crippen molar-refractivity contribution in [2.45, 2.75) is 19.4 Å². The molecule has 0 fully saturated rings. The lowest BCUT2D eigenvalue weighted by molar-refractivity contribution is 0.273. The molecule has 0 aliphatic carbocycles. The topological polar surface area (TPSA) is 81.4 Å². The molecule has 9 heteroatoms. The van der Waals surface area contributed by atoms with Gasteiger partial charge in [-0.3, -0.25) is 0 Å². The van der Waals surface area contributed by atoms with Crippen molar-refractivity contribution in [1.82, 2.24) is 14.6 Å². The highest BCUT2D eigenvalue weighted by atomic mass is 35.5. The van der Waals surface area contributed by atoms with E-state index in [1.807, 2.05) is 31.0 Å². The Morgan fingerprint density at radius 3 is 2.34 bits per heavy atom. The van der Waals surface area contributed by atoms with Crippen LogP contribution in [0, 0.1) is 0 Å². The zero-order valence-corrected chi connectivity index (χ0v) is 17.9. The summed E-state index contributed by atoms with van der Waals surface area (Å²) in [7, 11) is 6.69. The number of benzene rings is 1. The van der Waals surface area contributed by atoms with Gasteiger partial charge in [0.1, 0.15) is 11.0 Å². The molecular formula is C20H25ClN4O4. The summed E-state index contributed by atoms with van der Waals surface area (Å²) in [4.78, 5) is 6.41. The van der Waals surface area contributed by atoms with Crippen LogP contribution in [0.5, 0.6) is 17.2 Å². The van der Waals surface area contributed by atoms with Gasteiger partial charge in [0.25, 0.3) is 0 Å². The minimum atomic E-state index is -0.0910. The van der Waals surface area contributed by atoms with Gasteiger partial charge in [-0.2, -0.15) is 9.61 Å². The third-order valence-corrected chi connectivity index (χ3v) is 4.98. The van der Waals surface area contributed by atoms with E-state index in [0.29, 0.717) is 34.6 Å². The van der Waals surface area contributed by atoms with Crippen LogP contribution in [0.4, 0.5) is 5.82 Å². The van der Waals surface area contributed by atoms with Gasteiger partial charge in [0.15, 0.2) is 17.1 Å². The predicted octanol–water partition coefficient (Wildman–Crippen LogP) is 3.14. The fourth-order valence-electron chi connectivity index (χ4n) is 3.23. The first-order valence-corrected chi connectivity index (χ1v) is 9.46. The summed E-state index contributed by atoms with van der Waals surface area (Å²) in [5, 5.41) is 14.3. The van der Waals surface area contributed by atoms with Crippen molar-refractivity contribution < 1.29 is 19.3 Å². The van der Waals surface area contributed by atoms with E-state index in [1.165, 1.54) is 0 Å². The Balaban J connectivity index is 2.00. The molecule has 2 heterocycles. The second-order valence-electron chi connectivity index (χ2n) is 6.75. The highest BCUT2D eigenvalue weighted by molar-refractivity contribution is 6.29. The van der Waals surface area contributed by atoms with Crippen molar-refractivity contribution >= 4 is 23.1 Å². The van der Waals surface area contributed by atoms with Crippen LogP contribution >= 0.6 is 11.6 Å². The summed E-state index contributed by atoms with van der Waals surface area (Å²) in [6.07, 6.45) is 1.72. The molecule has 2 aromatic heterocycles. The number of anilines is 1. The minimum absolute atomic E-state index is 0.00611. The number of aliphatic hydroxyl groups excluding tert-OH is 1. The molecule has 1 aromatic carbocycles. The van der Waals surface area contributed by atoms with Crippen LogP contribution in [0.1, 0.15) is 24.0 Å². The van der Waals surface area contributed by atoms with Crippen molar-refractivity contribution in [3.8, 4) is 17.2 Å². The summed E-state index contributed by atoms with van der Waals surface area (Å²) < 4.78 is 18.0. The molecule has 0 spiro atoms. The number of nitrogens with zero attached hydrogens (tertiary/aromatic N) is 4. The Labute approximate surface area is 174 Å². The molecule has 0 radical (unpaired) electrons. The maximum atomic E-state index is 9.51. The van der Waals surface area contributed by atoms with Gasteiger partial charge >= 0.3 is 0 Å². The lowest BCUT2D eigenvalue weighted by Crippen LogP contribution is -2.20. The predicted molar refractivity (Wildman–Crippen MR) is 112 cm³/mol. The normalized spacial score (nSPS) is 12.1. The number of aromatic nitrogens is 3. The number of aliphatic hydroxyl groups is 1. The fraction of sp³-hybridized carbons (Fsp3) is 0.400. The Morgan fingerprint density at radius 2 is 1.79 bits per heavy atom. The van der Waals surface area contributed by atoms with Crippen LogP contribution in [0.15, 0.2) is 24.4 Å². The Kier molecular flexibility index (Phi) is 6.34. The molecule has 0 saturated heterocycles. The molecular weight excluding hydrogens is 396 g/mol. The monoisotopic (exact) mass is 420 g/mol. The average molecular weight is 421 g/mol. The minimum Gasteiger partial charge on any atom is -0.493 e. The van der Waals surface area contributed by atoms with Gasteiger partial charge < -0.3 is 24.2 Å². The Bertz CT molecular complexity index is 983. The van der Waals surface area contributed by atoms with E-state index in [4.69, 9.17) is 25.8 Å². The first kappa shape index (κ1) is 21.0. The first-order valence-electron chi connectivity index (χ1n) is 9.08. The smallest absolute Gasteiger partial charge is 0.203 e.